The molecule has 1 spiro atoms. The summed E-state index contributed by atoms with van der Waals surface area (Å²) in [7, 11) is 0. The third-order valence-corrected chi connectivity index (χ3v) is 6.89. The molecular formula is C20H28N2O2. The summed E-state index contributed by atoms with van der Waals surface area (Å²) in [6.07, 6.45) is 7.34. The molecule has 0 saturated heterocycles. The number of hydrogen-bond acceptors (Lipinski definition) is 4. The van der Waals surface area contributed by atoms with E-state index in [-0.39, 0.29) is 11.5 Å². The first-order chi connectivity index (χ1) is 11.4. The van der Waals surface area contributed by atoms with Crippen molar-refractivity contribution in [2.24, 2.45) is 22.8 Å². The fourth-order valence-corrected chi connectivity index (χ4v) is 5.34. The van der Waals surface area contributed by atoms with Crippen LogP contribution in [0.25, 0.3) is 0 Å². The van der Waals surface area contributed by atoms with Crippen molar-refractivity contribution in [1.82, 2.24) is 0 Å². The highest BCUT2D eigenvalue weighted by Gasteiger charge is 2.64. The van der Waals surface area contributed by atoms with Crippen LogP contribution in [-0.4, -0.2) is 18.1 Å². The van der Waals surface area contributed by atoms with E-state index in [0.717, 1.165) is 18.8 Å². The summed E-state index contributed by atoms with van der Waals surface area (Å²) in [6.45, 7) is 3.96. The van der Waals surface area contributed by atoms with Crippen molar-refractivity contribution in [2.75, 3.05) is 0 Å². The zero-order valence-corrected chi connectivity index (χ0v) is 14.7. The summed E-state index contributed by atoms with van der Waals surface area (Å²) in [5, 5.41) is 0. The number of carbonyl (C=O) groups is 1. The van der Waals surface area contributed by atoms with Gasteiger partial charge in [0, 0.05) is 11.5 Å². The lowest BCUT2D eigenvalue weighted by molar-refractivity contribution is -0.135. The first kappa shape index (κ1) is 16.1. The van der Waals surface area contributed by atoms with E-state index in [1.54, 1.807) is 6.92 Å². The average molecular weight is 328 g/mol. The molecule has 2 fully saturated rings. The Morgan fingerprint density at radius 3 is 2.92 bits per heavy atom. The fraction of sp³-hybridized carbons (Fsp3) is 0.650. The molecule has 3 aliphatic rings. The van der Waals surface area contributed by atoms with Gasteiger partial charge in [0.15, 0.2) is 0 Å². The largest absolute Gasteiger partial charge is 0.425 e. The Bertz CT molecular complexity index is 686. The van der Waals surface area contributed by atoms with Crippen LogP contribution in [0.4, 0.5) is 0 Å². The van der Waals surface area contributed by atoms with E-state index >= 15 is 0 Å². The molecule has 1 unspecified atom stereocenters. The summed E-state index contributed by atoms with van der Waals surface area (Å²) in [5.41, 5.74) is 15.4. The molecule has 4 rings (SSSR count). The monoisotopic (exact) mass is 328 g/mol. The molecule has 1 aromatic carbocycles. The van der Waals surface area contributed by atoms with Gasteiger partial charge in [0.2, 0.25) is 0 Å². The number of nitrogens with two attached hydrogens (primary N) is 2. The van der Waals surface area contributed by atoms with Crippen molar-refractivity contribution in [2.45, 2.75) is 69.9 Å². The summed E-state index contributed by atoms with van der Waals surface area (Å²) in [5.74, 6) is 1.00. The number of hydrogen-bond donors (Lipinski definition) is 2. The van der Waals surface area contributed by atoms with Gasteiger partial charge in [0.05, 0.1) is 0 Å². The number of fused-ring (bicyclic) bond motifs is 3. The fourth-order valence-electron chi connectivity index (χ4n) is 5.34. The molecule has 4 heteroatoms. The van der Waals surface area contributed by atoms with Gasteiger partial charge >= 0.3 is 5.97 Å². The maximum absolute atomic E-state index is 11.8. The smallest absolute Gasteiger partial charge is 0.328 e. The van der Waals surface area contributed by atoms with Crippen LogP contribution in [0.15, 0.2) is 18.2 Å². The van der Waals surface area contributed by atoms with Gasteiger partial charge in [-0.25, -0.2) is 4.79 Å². The van der Waals surface area contributed by atoms with Gasteiger partial charge in [0.1, 0.15) is 11.8 Å². The molecule has 24 heavy (non-hydrogen) atoms. The van der Waals surface area contributed by atoms with Crippen LogP contribution in [0, 0.1) is 11.3 Å². The minimum Gasteiger partial charge on any atom is -0.425 e. The lowest BCUT2D eigenvalue weighted by Crippen LogP contribution is -2.54. The Hall–Kier alpha value is -1.39. The Morgan fingerprint density at radius 1 is 1.38 bits per heavy atom. The molecule has 130 valence electrons. The Morgan fingerprint density at radius 2 is 2.17 bits per heavy atom. The molecule has 4 N–H and O–H groups in total. The van der Waals surface area contributed by atoms with E-state index in [4.69, 9.17) is 16.2 Å². The second-order valence-corrected chi connectivity index (χ2v) is 8.48. The standard InChI is InChI=1S/C20H28N2O2/c1-12(21)17(23)24-15-7-6-13-10-20-11-14(20)5-3-4-8-19(2,18(20)22)16(13)9-15/h6-7,9,12,14,18H,3-5,8,10-11,21-22H2,1-2H3/t12-,14-,18+,19+,20?/m0/s1. The van der Waals surface area contributed by atoms with Gasteiger partial charge in [-0.15, -0.1) is 0 Å². The zero-order valence-electron chi connectivity index (χ0n) is 14.7. The van der Waals surface area contributed by atoms with E-state index in [1.165, 1.54) is 36.8 Å². The van der Waals surface area contributed by atoms with E-state index in [2.05, 4.69) is 13.0 Å². The van der Waals surface area contributed by atoms with E-state index in [0.29, 0.717) is 11.2 Å². The molecular weight excluding hydrogens is 300 g/mol. The predicted octanol–water partition coefficient (Wildman–Crippen LogP) is 2.66. The Balaban J connectivity index is 1.74. The average Bonchev–Trinajstić information content (AvgIpc) is 3.23. The Kier molecular flexibility index (Phi) is 3.56. The van der Waals surface area contributed by atoms with Gasteiger partial charge in [-0.05, 0) is 67.2 Å². The molecule has 2 bridgehead atoms. The van der Waals surface area contributed by atoms with Crippen molar-refractivity contribution >= 4 is 5.97 Å². The van der Waals surface area contributed by atoms with Crippen molar-refractivity contribution in [1.29, 1.82) is 0 Å². The molecule has 5 atom stereocenters. The van der Waals surface area contributed by atoms with Crippen LogP contribution in [-0.2, 0) is 16.6 Å². The van der Waals surface area contributed by atoms with E-state index in [9.17, 15) is 4.79 Å². The highest BCUT2D eigenvalue weighted by atomic mass is 16.5. The minimum atomic E-state index is -0.615. The van der Waals surface area contributed by atoms with Gasteiger partial charge in [-0.1, -0.05) is 25.8 Å². The molecule has 0 aliphatic heterocycles. The van der Waals surface area contributed by atoms with Crippen LogP contribution in [0.3, 0.4) is 0 Å². The third kappa shape index (κ3) is 2.23. The third-order valence-electron chi connectivity index (χ3n) is 6.89. The molecule has 0 amide bonds. The maximum Gasteiger partial charge on any atom is 0.328 e. The second-order valence-electron chi connectivity index (χ2n) is 8.48. The van der Waals surface area contributed by atoms with Crippen LogP contribution < -0.4 is 16.2 Å². The molecule has 0 aromatic heterocycles. The normalized spacial score (nSPS) is 38.2. The van der Waals surface area contributed by atoms with Crippen molar-refractivity contribution in [3.8, 4) is 5.75 Å². The topological polar surface area (TPSA) is 78.3 Å². The number of carbonyl (C=O) groups excluding carboxylic acids is 1. The van der Waals surface area contributed by atoms with Gasteiger partial charge in [-0.3, -0.25) is 0 Å². The first-order valence-electron chi connectivity index (χ1n) is 9.23. The van der Waals surface area contributed by atoms with Crippen LogP contribution in [0.5, 0.6) is 5.75 Å². The summed E-state index contributed by atoms with van der Waals surface area (Å²) in [6, 6.07) is 5.68. The Labute approximate surface area is 143 Å². The number of esters is 1. The second kappa shape index (κ2) is 5.30. The van der Waals surface area contributed by atoms with E-state index < -0.39 is 12.0 Å². The molecule has 4 nitrogen and oxygen atoms in total. The lowest BCUT2D eigenvalue weighted by Gasteiger charge is -2.48. The van der Waals surface area contributed by atoms with Crippen LogP contribution >= 0.6 is 0 Å². The van der Waals surface area contributed by atoms with Crippen molar-refractivity contribution in [3.05, 3.63) is 29.3 Å². The van der Waals surface area contributed by atoms with Crippen LogP contribution in [0.1, 0.15) is 57.1 Å². The molecule has 0 heterocycles. The minimum absolute atomic E-state index is 0.0283. The molecule has 1 aromatic rings. The lowest BCUT2D eigenvalue weighted by atomic mass is 9.59. The summed E-state index contributed by atoms with van der Waals surface area (Å²) in [4.78, 5) is 11.8. The first-order valence-corrected chi connectivity index (χ1v) is 9.23. The quantitative estimate of drug-likeness (QED) is 0.646. The number of rotatable bonds is 2. The number of ether oxygens (including phenoxy) is 1. The van der Waals surface area contributed by atoms with Gasteiger partial charge in [0.25, 0.3) is 0 Å². The molecule has 3 aliphatic carbocycles. The molecule has 2 saturated carbocycles. The highest BCUT2D eigenvalue weighted by Crippen LogP contribution is 2.66. The predicted molar refractivity (Wildman–Crippen MR) is 93.8 cm³/mol. The zero-order chi connectivity index (χ0) is 17.1. The van der Waals surface area contributed by atoms with Gasteiger partial charge < -0.3 is 16.2 Å². The molecule has 0 radical (unpaired) electrons. The van der Waals surface area contributed by atoms with Gasteiger partial charge in [-0.2, -0.15) is 0 Å². The van der Waals surface area contributed by atoms with Crippen LogP contribution in [0.2, 0.25) is 0 Å². The SMILES string of the molecule is C[C@H](N)C(=O)Oc1ccc2c(c1)[C@@]1(C)CCCC[C@H]3CC3(C2)[C@@H]1N. The highest BCUT2D eigenvalue weighted by molar-refractivity contribution is 5.77. The number of benzene rings is 1. The van der Waals surface area contributed by atoms with E-state index in [1.807, 2.05) is 12.1 Å². The van der Waals surface area contributed by atoms with Crippen molar-refractivity contribution < 1.29 is 9.53 Å². The summed E-state index contributed by atoms with van der Waals surface area (Å²) < 4.78 is 5.45. The maximum atomic E-state index is 11.8. The van der Waals surface area contributed by atoms with Crippen molar-refractivity contribution in [3.63, 3.8) is 0 Å². The summed E-state index contributed by atoms with van der Waals surface area (Å²) >= 11 is 0.